The second kappa shape index (κ2) is 2.99. The minimum absolute atomic E-state index is 0.675. The van der Waals surface area contributed by atoms with Crippen LogP contribution in [0.1, 0.15) is 46.3 Å². The molecular weight excluding hydrogens is 160 g/mol. The number of hydrogen-bond acceptors (Lipinski definition) is 1. The molecule has 0 bridgehead atoms. The standard InChI is InChI=1S/C12H14O/c1-8-3-4-10-6-11(7-13)9(2)5-12(8)10/h5-8H,3-4H2,1-2H3. The number of carbonyl (C=O) groups excluding carboxylic acids is 1. The Balaban J connectivity index is 2.56. The molecule has 68 valence electrons. The van der Waals surface area contributed by atoms with Gasteiger partial charge in [0.2, 0.25) is 0 Å². The summed E-state index contributed by atoms with van der Waals surface area (Å²) in [7, 11) is 0. The van der Waals surface area contributed by atoms with Gasteiger partial charge in [-0.05, 0) is 48.4 Å². The Labute approximate surface area is 78.8 Å². The molecule has 0 amide bonds. The molecule has 1 unspecified atom stereocenters. The molecule has 1 atom stereocenters. The third-order valence-corrected chi connectivity index (χ3v) is 3.03. The van der Waals surface area contributed by atoms with Gasteiger partial charge in [-0.3, -0.25) is 4.79 Å². The van der Waals surface area contributed by atoms with Crippen LogP contribution in [0.4, 0.5) is 0 Å². The molecule has 1 aliphatic rings. The van der Waals surface area contributed by atoms with Crippen LogP contribution in [0.5, 0.6) is 0 Å². The molecule has 1 heteroatoms. The quantitative estimate of drug-likeness (QED) is 0.598. The van der Waals surface area contributed by atoms with Crippen molar-refractivity contribution in [1.82, 2.24) is 0 Å². The Hall–Kier alpha value is -1.11. The molecule has 0 spiro atoms. The summed E-state index contributed by atoms with van der Waals surface area (Å²) >= 11 is 0. The van der Waals surface area contributed by atoms with Crippen LogP contribution in [-0.4, -0.2) is 6.29 Å². The molecule has 1 aliphatic carbocycles. The van der Waals surface area contributed by atoms with Gasteiger partial charge in [-0.25, -0.2) is 0 Å². The third-order valence-electron chi connectivity index (χ3n) is 3.03. The molecule has 0 radical (unpaired) electrons. The van der Waals surface area contributed by atoms with Crippen LogP contribution in [0.2, 0.25) is 0 Å². The van der Waals surface area contributed by atoms with Crippen LogP contribution >= 0.6 is 0 Å². The lowest BCUT2D eigenvalue weighted by molar-refractivity contribution is 0.112. The maximum Gasteiger partial charge on any atom is 0.150 e. The molecule has 0 aliphatic heterocycles. The van der Waals surface area contributed by atoms with Gasteiger partial charge in [0.25, 0.3) is 0 Å². The maximum atomic E-state index is 10.7. The summed E-state index contributed by atoms with van der Waals surface area (Å²) in [5, 5.41) is 0. The van der Waals surface area contributed by atoms with E-state index in [0.29, 0.717) is 5.92 Å². The summed E-state index contributed by atoms with van der Waals surface area (Å²) in [6.07, 6.45) is 3.33. The molecule has 0 saturated carbocycles. The van der Waals surface area contributed by atoms with Crippen molar-refractivity contribution >= 4 is 6.29 Å². The molecule has 0 saturated heterocycles. The maximum absolute atomic E-state index is 10.7. The van der Waals surface area contributed by atoms with E-state index in [1.165, 1.54) is 17.5 Å². The topological polar surface area (TPSA) is 17.1 Å². The van der Waals surface area contributed by atoms with E-state index in [9.17, 15) is 4.79 Å². The molecule has 1 aromatic carbocycles. The molecular formula is C12H14O. The fourth-order valence-electron chi connectivity index (χ4n) is 2.12. The third kappa shape index (κ3) is 1.28. The average Bonchev–Trinajstić information content (AvgIpc) is 2.47. The lowest BCUT2D eigenvalue weighted by atomic mass is 9.98. The minimum Gasteiger partial charge on any atom is -0.298 e. The molecule has 0 heterocycles. The van der Waals surface area contributed by atoms with Gasteiger partial charge in [0, 0.05) is 5.56 Å². The predicted molar refractivity (Wildman–Crippen MR) is 53.3 cm³/mol. The van der Waals surface area contributed by atoms with Crippen molar-refractivity contribution in [3.05, 3.63) is 34.4 Å². The van der Waals surface area contributed by atoms with E-state index >= 15 is 0 Å². The molecule has 2 rings (SSSR count). The van der Waals surface area contributed by atoms with Gasteiger partial charge >= 0.3 is 0 Å². The van der Waals surface area contributed by atoms with Gasteiger partial charge < -0.3 is 0 Å². The van der Waals surface area contributed by atoms with Crippen LogP contribution < -0.4 is 0 Å². The zero-order chi connectivity index (χ0) is 9.42. The van der Waals surface area contributed by atoms with Crippen molar-refractivity contribution in [2.24, 2.45) is 0 Å². The summed E-state index contributed by atoms with van der Waals surface area (Å²) in [5.74, 6) is 0.675. The lowest BCUT2D eigenvalue weighted by Gasteiger charge is -2.07. The Morgan fingerprint density at radius 1 is 1.46 bits per heavy atom. The molecule has 0 N–H and O–H groups in total. The summed E-state index contributed by atoms with van der Waals surface area (Å²) in [6, 6.07) is 4.23. The van der Waals surface area contributed by atoms with Crippen molar-refractivity contribution in [2.45, 2.75) is 32.6 Å². The molecule has 1 nitrogen and oxygen atoms in total. The van der Waals surface area contributed by atoms with E-state index in [2.05, 4.69) is 19.1 Å². The SMILES string of the molecule is Cc1cc2c(cc1C=O)CCC2C. The average molecular weight is 174 g/mol. The second-order valence-corrected chi connectivity index (χ2v) is 3.97. The zero-order valence-electron chi connectivity index (χ0n) is 8.13. The van der Waals surface area contributed by atoms with Gasteiger partial charge in [-0.1, -0.05) is 13.0 Å². The number of carbonyl (C=O) groups is 1. The number of benzene rings is 1. The zero-order valence-corrected chi connectivity index (χ0v) is 8.13. The van der Waals surface area contributed by atoms with Crippen molar-refractivity contribution in [3.63, 3.8) is 0 Å². The van der Waals surface area contributed by atoms with E-state index in [-0.39, 0.29) is 0 Å². The van der Waals surface area contributed by atoms with Crippen LogP contribution in [-0.2, 0) is 6.42 Å². The van der Waals surface area contributed by atoms with Gasteiger partial charge in [0.1, 0.15) is 6.29 Å². The van der Waals surface area contributed by atoms with E-state index in [4.69, 9.17) is 0 Å². The normalized spacial score (nSPS) is 20.0. The number of aryl methyl sites for hydroxylation is 2. The van der Waals surface area contributed by atoms with Crippen molar-refractivity contribution in [1.29, 1.82) is 0 Å². The Morgan fingerprint density at radius 2 is 2.23 bits per heavy atom. The van der Waals surface area contributed by atoms with Gasteiger partial charge in [0.05, 0.1) is 0 Å². The highest BCUT2D eigenvalue weighted by Crippen LogP contribution is 2.33. The fraction of sp³-hybridized carbons (Fsp3) is 0.417. The van der Waals surface area contributed by atoms with E-state index in [0.717, 1.165) is 23.8 Å². The van der Waals surface area contributed by atoms with Crippen LogP contribution in [0.3, 0.4) is 0 Å². The second-order valence-electron chi connectivity index (χ2n) is 3.97. The molecule has 13 heavy (non-hydrogen) atoms. The summed E-state index contributed by atoms with van der Waals surface area (Å²) in [6.45, 7) is 4.26. The highest BCUT2D eigenvalue weighted by molar-refractivity contribution is 5.78. The predicted octanol–water partition coefficient (Wildman–Crippen LogP) is 2.86. The highest BCUT2D eigenvalue weighted by atomic mass is 16.1. The summed E-state index contributed by atoms with van der Waals surface area (Å²) in [4.78, 5) is 10.7. The summed E-state index contributed by atoms with van der Waals surface area (Å²) < 4.78 is 0. The largest absolute Gasteiger partial charge is 0.298 e. The van der Waals surface area contributed by atoms with Crippen molar-refractivity contribution < 1.29 is 4.79 Å². The van der Waals surface area contributed by atoms with E-state index in [1.54, 1.807) is 0 Å². The summed E-state index contributed by atoms with van der Waals surface area (Å²) in [5.41, 5.74) is 4.79. The van der Waals surface area contributed by atoms with E-state index in [1.807, 2.05) is 6.92 Å². The fourth-order valence-corrected chi connectivity index (χ4v) is 2.12. The first-order chi connectivity index (χ1) is 6.22. The van der Waals surface area contributed by atoms with Gasteiger partial charge in [-0.15, -0.1) is 0 Å². The number of hydrogen-bond donors (Lipinski definition) is 0. The van der Waals surface area contributed by atoms with E-state index < -0.39 is 0 Å². The Morgan fingerprint density at radius 3 is 2.92 bits per heavy atom. The monoisotopic (exact) mass is 174 g/mol. The smallest absolute Gasteiger partial charge is 0.150 e. The number of aldehydes is 1. The van der Waals surface area contributed by atoms with Crippen LogP contribution in [0.25, 0.3) is 0 Å². The van der Waals surface area contributed by atoms with Crippen LogP contribution in [0, 0.1) is 6.92 Å². The molecule has 1 aromatic rings. The molecule has 0 aromatic heterocycles. The first-order valence-electron chi connectivity index (χ1n) is 4.81. The first-order valence-corrected chi connectivity index (χ1v) is 4.81. The Bertz CT molecular complexity index is 352. The minimum atomic E-state index is 0.675. The van der Waals surface area contributed by atoms with Crippen LogP contribution in [0.15, 0.2) is 12.1 Å². The molecule has 0 fully saturated rings. The number of fused-ring (bicyclic) bond motifs is 1. The number of rotatable bonds is 1. The van der Waals surface area contributed by atoms with Gasteiger partial charge in [0.15, 0.2) is 0 Å². The Kier molecular flexibility index (Phi) is 1.95. The van der Waals surface area contributed by atoms with Gasteiger partial charge in [-0.2, -0.15) is 0 Å². The first kappa shape index (κ1) is 8.49. The highest BCUT2D eigenvalue weighted by Gasteiger charge is 2.19. The lowest BCUT2D eigenvalue weighted by Crippen LogP contribution is -1.93. The van der Waals surface area contributed by atoms with Crippen molar-refractivity contribution in [3.8, 4) is 0 Å². The van der Waals surface area contributed by atoms with Crippen molar-refractivity contribution in [2.75, 3.05) is 0 Å².